The van der Waals surface area contributed by atoms with E-state index >= 15 is 0 Å². The molecule has 140 valence electrons. The minimum atomic E-state index is -0.316. The number of carbonyl (C=O) groups is 2. The summed E-state index contributed by atoms with van der Waals surface area (Å²) < 4.78 is 0. The number of carbonyl (C=O) groups excluding carboxylic acids is 2. The largest absolute Gasteiger partial charge is 0.338 e. The Hall–Kier alpha value is -1.79. The van der Waals surface area contributed by atoms with Gasteiger partial charge in [0.05, 0.1) is 5.88 Å². The Bertz CT molecular complexity index is 665. The molecule has 1 unspecified atom stereocenters. The quantitative estimate of drug-likeness (QED) is 0.759. The van der Waals surface area contributed by atoms with Gasteiger partial charge in [0.25, 0.3) is 0 Å². The van der Waals surface area contributed by atoms with Gasteiger partial charge in [-0.25, -0.2) is 0 Å². The fraction of sp³-hybridized carbons (Fsp3) is 0.500. The first-order valence-electron chi connectivity index (χ1n) is 9.13. The third-order valence-corrected chi connectivity index (χ3v) is 5.81. The maximum atomic E-state index is 12.9. The van der Waals surface area contributed by atoms with E-state index in [4.69, 9.17) is 0 Å². The third-order valence-electron chi connectivity index (χ3n) is 4.80. The van der Waals surface area contributed by atoms with Gasteiger partial charge in [-0.3, -0.25) is 14.5 Å². The minimum absolute atomic E-state index is 0.0453. The summed E-state index contributed by atoms with van der Waals surface area (Å²) >= 11 is 1.66. The molecular weight excluding hydrogens is 346 g/mol. The first kappa shape index (κ1) is 19.0. The van der Waals surface area contributed by atoms with Crippen LogP contribution >= 0.6 is 11.8 Å². The van der Waals surface area contributed by atoms with Crippen molar-refractivity contribution in [2.24, 2.45) is 0 Å². The number of hydrogen-bond acceptors (Lipinski definition) is 4. The second kappa shape index (κ2) is 8.73. The van der Waals surface area contributed by atoms with E-state index < -0.39 is 0 Å². The molecule has 1 aromatic rings. The molecule has 0 aromatic heterocycles. The van der Waals surface area contributed by atoms with Crippen molar-refractivity contribution >= 4 is 23.6 Å². The van der Waals surface area contributed by atoms with Crippen molar-refractivity contribution in [3.8, 4) is 0 Å². The molecule has 0 radical (unpaired) electrons. The fourth-order valence-corrected chi connectivity index (χ4v) is 4.53. The van der Waals surface area contributed by atoms with Crippen LogP contribution in [0.3, 0.4) is 0 Å². The number of thioether (sulfide) groups is 1. The zero-order valence-electron chi connectivity index (χ0n) is 15.6. The standard InChI is InChI=1S/C20H27N3O2S/c1-16(2)12-19(24)23-15-26-14-18(23)20(25)22-10-8-21(9-11-22)13-17-6-4-3-5-7-17/h3-7,12,18H,8-11,13-15H2,1-2H3. The molecule has 2 saturated heterocycles. The summed E-state index contributed by atoms with van der Waals surface area (Å²) in [5.74, 6) is 1.36. The van der Waals surface area contributed by atoms with Gasteiger partial charge in [-0.2, -0.15) is 0 Å². The van der Waals surface area contributed by atoms with Crippen LogP contribution in [0.25, 0.3) is 0 Å². The molecule has 26 heavy (non-hydrogen) atoms. The van der Waals surface area contributed by atoms with Gasteiger partial charge in [-0.15, -0.1) is 11.8 Å². The summed E-state index contributed by atoms with van der Waals surface area (Å²) in [5.41, 5.74) is 2.27. The predicted molar refractivity (Wildman–Crippen MR) is 106 cm³/mol. The summed E-state index contributed by atoms with van der Waals surface area (Å²) in [4.78, 5) is 31.3. The van der Waals surface area contributed by atoms with Crippen molar-refractivity contribution in [2.75, 3.05) is 37.8 Å². The molecule has 0 aliphatic carbocycles. The zero-order chi connectivity index (χ0) is 18.5. The topological polar surface area (TPSA) is 43.9 Å². The molecule has 2 aliphatic rings. The summed E-state index contributed by atoms with van der Waals surface area (Å²) in [6.45, 7) is 7.96. The van der Waals surface area contributed by atoms with Crippen molar-refractivity contribution < 1.29 is 9.59 Å². The van der Waals surface area contributed by atoms with Crippen LogP contribution in [-0.4, -0.2) is 70.4 Å². The van der Waals surface area contributed by atoms with Gasteiger partial charge in [-0.1, -0.05) is 35.9 Å². The van der Waals surface area contributed by atoms with Crippen LogP contribution in [0.1, 0.15) is 19.4 Å². The highest BCUT2D eigenvalue weighted by molar-refractivity contribution is 7.99. The number of allylic oxidation sites excluding steroid dienone is 1. The normalized spacial score (nSPS) is 20.9. The van der Waals surface area contributed by atoms with Crippen LogP contribution in [-0.2, 0) is 16.1 Å². The molecule has 1 aromatic carbocycles. The number of hydrogen-bond donors (Lipinski definition) is 0. The second-order valence-corrected chi connectivity index (χ2v) is 8.13. The van der Waals surface area contributed by atoms with Crippen LogP contribution in [0.4, 0.5) is 0 Å². The second-order valence-electron chi connectivity index (χ2n) is 7.13. The molecule has 2 amide bonds. The van der Waals surface area contributed by atoms with E-state index in [1.165, 1.54) is 5.56 Å². The average Bonchev–Trinajstić information content (AvgIpc) is 3.12. The van der Waals surface area contributed by atoms with Crippen LogP contribution < -0.4 is 0 Å². The Kier molecular flexibility index (Phi) is 6.38. The highest BCUT2D eigenvalue weighted by Gasteiger charge is 2.37. The number of rotatable bonds is 4. The van der Waals surface area contributed by atoms with Gasteiger partial charge in [0.1, 0.15) is 6.04 Å². The van der Waals surface area contributed by atoms with Gasteiger partial charge in [0.15, 0.2) is 0 Å². The van der Waals surface area contributed by atoms with Crippen LogP contribution in [0, 0.1) is 0 Å². The lowest BCUT2D eigenvalue weighted by Gasteiger charge is -2.37. The lowest BCUT2D eigenvalue weighted by atomic mass is 10.1. The van der Waals surface area contributed by atoms with E-state index in [-0.39, 0.29) is 17.9 Å². The van der Waals surface area contributed by atoms with Crippen LogP contribution in [0.15, 0.2) is 42.0 Å². The van der Waals surface area contributed by atoms with Crippen LogP contribution in [0.2, 0.25) is 0 Å². The zero-order valence-corrected chi connectivity index (χ0v) is 16.4. The lowest BCUT2D eigenvalue weighted by molar-refractivity contribution is -0.142. The smallest absolute Gasteiger partial charge is 0.247 e. The first-order valence-corrected chi connectivity index (χ1v) is 10.3. The Morgan fingerprint density at radius 1 is 1.12 bits per heavy atom. The van der Waals surface area contributed by atoms with Crippen molar-refractivity contribution in [2.45, 2.75) is 26.4 Å². The summed E-state index contributed by atoms with van der Waals surface area (Å²) in [6.07, 6.45) is 1.63. The van der Waals surface area contributed by atoms with Gasteiger partial charge in [0.2, 0.25) is 11.8 Å². The first-order chi connectivity index (χ1) is 12.5. The van der Waals surface area contributed by atoms with Gasteiger partial charge in [-0.05, 0) is 19.4 Å². The molecule has 0 saturated carbocycles. The maximum absolute atomic E-state index is 12.9. The maximum Gasteiger partial charge on any atom is 0.247 e. The van der Waals surface area contributed by atoms with E-state index in [1.807, 2.05) is 24.8 Å². The molecular formula is C20H27N3O2S. The molecule has 0 N–H and O–H groups in total. The van der Waals surface area contributed by atoms with Gasteiger partial charge in [0, 0.05) is 44.6 Å². The SMILES string of the molecule is CC(C)=CC(=O)N1CSCC1C(=O)N1CCN(Cc2ccccc2)CC1. The number of nitrogens with zero attached hydrogens (tertiary/aromatic N) is 3. The van der Waals surface area contributed by atoms with Crippen LogP contribution in [0.5, 0.6) is 0 Å². The minimum Gasteiger partial charge on any atom is -0.338 e. The fourth-order valence-electron chi connectivity index (χ4n) is 3.37. The molecule has 3 rings (SSSR count). The van der Waals surface area contributed by atoms with Gasteiger partial charge < -0.3 is 9.80 Å². The number of piperazine rings is 1. The van der Waals surface area contributed by atoms with E-state index in [0.29, 0.717) is 11.6 Å². The molecule has 2 fully saturated rings. The van der Waals surface area contributed by atoms with Gasteiger partial charge >= 0.3 is 0 Å². The summed E-state index contributed by atoms with van der Waals surface area (Å²) in [6, 6.07) is 10.1. The lowest BCUT2D eigenvalue weighted by Crippen LogP contribution is -2.54. The molecule has 0 bridgehead atoms. The van der Waals surface area contributed by atoms with Crippen molar-refractivity contribution in [3.05, 3.63) is 47.5 Å². The molecule has 5 nitrogen and oxygen atoms in total. The Morgan fingerprint density at radius 2 is 1.81 bits per heavy atom. The average molecular weight is 374 g/mol. The molecule has 2 heterocycles. The highest BCUT2D eigenvalue weighted by atomic mass is 32.2. The Labute approximate surface area is 160 Å². The Balaban J connectivity index is 1.54. The predicted octanol–water partition coefficient (Wildman–Crippen LogP) is 2.20. The third kappa shape index (κ3) is 4.68. The molecule has 2 aliphatic heterocycles. The molecule has 0 spiro atoms. The van der Waals surface area contributed by atoms with Crippen molar-refractivity contribution in [1.82, 2.24) is 14.7 Å². The number of benzene rings is 1. The molecule has 6 heteroatoms. The summed E-state index contributed by atoms with van der Waals surface area (Å²) in [5, 5.41) is 0. The summed E-state index contributed by atoms with van der Waals surface area (Å²) in [7, 11) is 0. The van der Waals surface area contributed by atoms with E-state index in [2.05, 4.69) is 29.2 Å². The van der Waals surface area contributed by atoms with E-state index in [9.17, 15) is 9.59 Å². The number of amides is 2. The monoisotopic (exact) mass is 373 g/mol. The van der Waals surface area contributed by atoms with E-state index in [0.717, 1.165) is 38.3 Å². The highest BCUT2D eigenvalue weighted by Crippen LogP contribution is 2.24. The molecule has 1 atom stereocenters. The van der Waals surface area contributed by atoms with E-state index in [1.54, 1.807) is 22.7 Å². The van der Waals surface area contributed by atoms with Crippen molar-refractivity contribution in [3.63, 3.8) is 0 Å². The Morgan fingerprint density at radius 3 is 2.46 bits per heavy atom. The van der Waals surface area contributed by atoms with Crippen molar-refractivity contribution in [1.29, 1.82) is 0 Å².